The van der Waals surface area contributed by atoms with Gasteiger partial charge in [0.15, 0.2) is 11.6 Å². The molecule has 1 atom stereocenters. The summed E-state index contributed by atoms with van der Waals surface area (Å²) < 4.78 is 103. The summed E-state index contributed by atoms with van der Waals surface area (Å²) in [4.78, 5) is 11.3. The number of alkyl halides is 3. The predicted molar refractivity (Wildman–Crippen MR) is 86.5 cm³/mol. The molecule has 0 radical (unpaired) electrons. The Morgan fingerprint density at radius 2 is 1.57 bits per heavy atom. The summed E-state index contributed by atoms with van der Waals surface area (Å²) in [7, 11) is -4.73. The van der Waals surface area contributed by atoms with Gasteiger partial charge in [-0.3, -0.25) is 4.79 Å². The van der Waals surface area contributed by atoms with Crippen LogP contribution in [-0.4, -0.2) is 26.5 Å². The van der Waals surface area contributed by atoms with Crippen molar-refractivity contribution in [3.63, 3.8) is 0 Å². The number of hydrogen-bond donors (Lipinski definition) is 2. The van der Waals surface area contributed by atoms with Crippen LogP contribution in [0.5, 0.6) is 0 Å². The van der Waals surface area contributed by atoms with E-state index in [1.165, 1.54) is 4.72 Å². The number of sulfonamides is 1. The van der Waals surface area contributed by atoms with E-state index >= 15 is 0 Å². The average Bonchev–Trinajstić information content (AvgIpc) is 2.57. The molecule has 0 aromatic heterocycles. The first-order valence-corrected chi connectivity index (χ1v) is 8.94. The van der Waals surface area contributed by atoms with Crippen molar-refractivity contribution in [1.29, 1.82) is 0 Å². The first kappa shape index (κ1) is 21.7. The molecule has 0 spiro atoms. The maximum absolute atomic E-state index is 13.9. The number of nitrogens with one attached hydrogen (secondary N) is 2. The van der Waals surface area contributed by atoms with Crippen molar-refractivity contribution in [3.8, 4) is 0 Å². The molecule has 152 valence electrons. The van der Waals surface area contributed by atoms with E-state index in [-0.39, 0.29) is 5.69 Å². The molecule has 28 heavy (non-hydrogen) atoms. The standard InChI is InChI=1S/C16H12F6N2O3S/c1-8(16(20,21)22)24-28(26,27)10-3-5-12(17)11(7-10)15(25)23-9-2-4-13(18)14(19)6-9/h2-8,24H,1H3,(H,23,25)/t8-/m1/s1. The lowest BCUT2D eigenvalue weighted by atomic mass is 10.2. The number of benzene rings is 2. The van der Waals surface area contributed by atoms with Crippen molar-refractivity contribution in [2.75, 3.05) is 5.32 Å². The SMILES string of the molecule is C[C@@H](NS(=O)(=O)c1ccc(F)c(C(=O)Nc2ccc(F)c(F)c2)c1)C(F)(F)F. The molecule has 0 aliphatic carbocycles. The van der Waals surface area contributed by atoms with Crippen molar-refractivity contribution < 1.29 is 39.6 Å². The van der Waals surface area contributed by atoms with Gasteiger partial charge in [-0.25, -0.2) is 21.6 Å². The largest absolute Gasteiger partial charge is 0.404 e. The normalized spacial score (nSPS) is 13.2. The highest BCUT2D eigenvalue weighted by molar-refractivity contribution is 7.89. The molecule has 1 amide bonds. The van der Waals surface area contributed by atoms with Gasteiger partial charge in [-0.05, 0) is 37.3 Å². The number of amides is 1. The Morgan fingerprint density at radius 1 is 0.964 bits per heavy atom. The van der Waals surface area contributed by atoms with Gasteiger partial charge in [0.05, 0.1) is 10.5 Å². The van der Waals surface area contributed by atoms with Crippen LogP contribution in [0.1, 0.15) is 17.3 Å². The van der Waals surface area contributed by atoms with Crippen molar-refractivity contribution in [3.05, 3.63) is 59.4 Å². The van der Waals surface area contributed by atoms with E-state index in [2.05, 4.69) is 0 Å². The van der Waals surface area contributed by atoms with Crippen LogP contribution in [0.15, 0.2) is 41.3 Å². The quantitative estimate of drug-likeness (QED) is 0.718. The monoisotopic (exact) mass is 426 g/mol. The highest BCUT2D eigenvalue weighted by Gasteiger charge is 2.39. The van der Waals surface area contributed by atoms with Crippen molar-refractivity contribution in [2.24, 2.45) is 0 Å². The van der Waals surface area contributed by atoms with Crippen LogP contribution in [0.4, 0.5) is 32.0 Å². The molecule has 0 aliphatic rings. The van der Waals surface area contributed by atoms with Crippen LogP contribution >= 0.6 is 0 Å². The zero-order chi connectivity index (χ0) is 21.3. The Morgan fingerprint density at radius 3 is 2.14 bits per heavy atom. The van der Waals surface area contributed by atoms with E-state index in [1.54, 1.807) is 0 Å². The molecule has 2 aromatic carbocycles. The molecule has 12 heteroatoms. The molecule has 0 bridgehead atoms. The fraction of sp³-hybridized carbons (Fsp3) is 0.188. The summed E-state index contributed by atoms with van der Waals surface area (Å²) in [6, 6.07) is 1.63. The number of carbonyl (C=O) groups is 1. The van der Waals surface area contributed by atoms with Gasteiger partial charge in [-0.1, -0.05) is 0 Å². The molecule has 2 rings (SSSR count). The van der Waals surface area contributed by atoms with Crippen LogP contribution in [0.25, 0.3) is 0 Å². The topological polar surface area (TPSA) is 75.3 Å². The van der Waals surface area contributed by atoms with E-state index in [9.17, 15) is 39.6 Å². The molecule has 2 N–H and O–H groups in total. The Labute approximate surface area is 155 Å². The minimum absolute atomic E-state index is 0.250. The lowest BCUT2D eigenvalue weighted by molar-refractivity contribution is -0.147. The molecule has 5 nitrogen and oxygen atoms in total. The molecule has 0 heterocycles. The number of rotatable bonds is 5. The van der Waals surface area contributed by atoms with Gasteiger partial charge >= 0.3 is 6.18 Å². The van der Waals surface area contributed by atoms with Gasteiger partial charge < -0.3 is 5.32 Å². The molecule has 0 fully saturated rings. The summed E-state index contributed by atoms with van der Waals surface area (Å²) in [5, 5.41) is 2.03. The molecule has 0 saturated heterocycles. The maximum Gasteiger partial charge on any atom is 0.404 e. The lowest BCUT2D eigenvalue weighted by Crippen LogP contribution is -2.43. The second-order valence-electron chi connectivity index (χ2n) is 5.61. The second kappa shape index (κ2) is 7.80. The first-order chi connectivity index (χ1) is 12.8. The van der Waals surface area contributed by atoms with E-state index in [0.29, 0.717) is 37.3 Å². The van der Waals surface area contributed by atoms with Gasteiger partial charge in [0.1, 0.15) is 11.9 Å². The fourth-order valence-corrected chi connectivity index (χ4v) is 3.24. The third kappa shape index (κ3) is 5.01. The minimum atomic E-state index is -4.86. The summed E-state index contributed by atoms with van der Waals surface area (Å²) in [5.74, 6) is -4.88. The van der Waals surface area contributed by atoms with Crippen LogP contribution in [0, 0.1) is 17.5 Å². The fourth-order valence-electron chi connectivity index (χ4n) is 1.99. The Hall–Kier alpha value is -2.60. The molecular weight excluding hydrogens is 414 g/mol. The van der Waals surface area contributed by atoms with E-state index < -0.39 is 56.1 Å². The predicted octanol–water partition coefficient (Wildman–Crippen LogP) is 3.59. The van der Waals surface area contributed by atoms with E-state index in [4.69, 9.17) is 0 Å². The second-order valence-corrected chi connectivity index (χ2v) is 7.32. The van der Waals surface area contributed by atoms with Crippen LogP contribution in [-0.2, 0) is 10.0 Å². The molecule has 0 saturated carbocycles. The van der Waals surface area contributed by atoms with E-state index in [1.807, 2.05) is 5.32 Å². The van der Waals surface area contributed by atoms with Crippen molar-refractivity contribution in [1.82, 2.24) is 4.72 Å². The number of carbonyl (C=O) groups excluding carboxylic acids is 1. The molecular formula is C16H12F6N2O3S. The first-order valence-electron chi connectivity index (χ1n) is 7.46. The number of hydrogen-bond acceptors (Lipinski definition) is 3. The number of halogens is 6. The summed E-state index contributed by atoms with van der Waals surface area (Å²) in [6.45, 7) is 0.567. The Kier molecular flexibility index (Phi) is 6.04. The summed E-state index contributed by atoms with van der Waals surface area (Å²) >= 11 is 0. The Bertz CT molecular complexity index is 1010. The average molecular weight is 426 g/mol. The van der Waals surface area contributed by atoms with Gasteiger partial charge in [-0.15, -0.1) is 0 Å². The smallest absolute Gasteiger partial charge is 0.322 e. The van der Waals surface area contributed by atoms with Gasteiger partial charge in [0.2, 0.25) is 10.0 Å². The minimum Gasteiger partial charge on any atom is -0.322 e. The van der Waals surface area contributed by atoms with Crippen molar-refractivity contribution >= 4 is 21.6 Å². The highest BCUT2D eigenvalue weighted by Crippen LogP contribution is 2.23. The van der Waals surface area contributed by atoms with Crippen LogP contribution in [0.3, 0.4) is 0 Å². The molecule has 0 aliphatic heterocycles. The zero-order valence-electron chi connectivity index (χ0n) is 13.9. The van der Waals surface area contributed by atoms with E-state index in [0.717, 1.165) is 6.07 Å². The van der Waals surface area contributed by atoms with Gasteiger partial charge in [-0.2, -0.15) is 17.9 Å². The molecule has 0 unspecified atom stereocenters. The zero-order valence-corrected chi connectivity index (χ0v) is 14.8. The lowest BCUT2D eigenvalue weighted by Gasteiger charge is -2.17. The summed E-state index contributed by atoms with van der Waals surface area (Å²) in [6.07, 6.45) is -4.86. The third-order valence-corrected chi connectivity index (χ3v) is 5.03. The van der Waals surface area contributed by atoms with Crippen LogP contribution < -0.4 is 10.0 Å². The number of anilines is 1. The van der Waals surface area contributed by atoms with Crippen molar-refractivity contribution in [2.45, 2.75) is 24.0 Å². The molecule has 2 aromatic rings. The van der Waals surface area contributed by atoms with Gasteiger partial charge in [0, 0.05) is 11.8 Å². The summed E-state index contributed by atoms with van der Waals surface area (Å²) in [5.41, 5.74) is -1.08. The Balaban J connectivity index is 2.31. The van der Waals surface area contributed by atoms with Gasteiger partial charge in [0.25, 0.3) is 5.91 Å². The highest BCUT2D eigenvalue weighted by atomic mass is 32.2. The third-order valence-electron chi connectivity index (χ3n) is 3.49. The maximum atomic E-state index is 13.9. The van der Waals surface area contributed by atoms with Crippen LogP contribution in [0.2, 0.25) is 0 Å².